The van der Waals surface area contributed by atoms with Gasteiger partial charge in [-0.2, -0.15) is 0 Å². The lowest BCUT2D eigenvalue weighted by molar-refractivity contribution is -0.158. The SMILES string of the molecule is CN1C(=O)N(c2cncn2C)CC1C(=O)OC(C)(C)C. The van der Waals surface area contributed by atoms with Crippen LogP contribution in [0.4, 0.5) is 10.6 Å². The molecule has 0 spiro atoms. The minimum Gasteiger partial charge on any atom is -0.458 e. The molecule has 7 nitrogen and oxygen atoms in total. The van der Waals surface area contributed by atoms with Gasteiger partial charge in [0, 0.05) is 14.1 Å². The topological polar surface area (TPSA) is 67.7 Å². The van der Waals surface area contributed by atoms with Crippen molar-refractivity contribution >= 4 is 17.8 Å². The van der Waals surface area contributed by atoms with Crippen LogP contribution in [0.25, 0.3) is 0 Å². The number of ether oxygens (including phenoxy) is 1. The zero-order valence-corrected chi connectivity index (χ0v) is 12.5. The van der Waals surface area contributed by atoms with Gasteiger partial charge in [-0.25, -0.2) is 14.6 Å². The summed E-state index contributed by atoms with van der Waals surface area (Å²) >= 11 is 0. The van der Waals surface area contributed by atoms with Crippen LogP contribution in [0.1, 0.15) is 20.8 Å². The number of aromatic nitrogens is 2. The lowest BCUT2D eigenvalue weighted by atomic mass is 10.2. The van der Waals surface area contributed by atoms with Gasteiger partial charge < -0.3 is 14.2 Å². The molecular weight excluding hydrogens is 260 g/mol. The molecule has 20 heavy (non-hydrogen) atoms. The monoisotopic (exact) mass is 280 g/mol. The fraction of sp³-hybridized carbons (Fsp3) is 0.615. The minimum atomic E-state index is -0.600. The van der Waals surface area contributed by atoms with E-state index in [2.05, 4.69) is 4.98 Å². The van der Waals surface area contributed by atoms with E-state index in [-0.39, 0.29) is 12.6 Å². The molecule has 2 heterocycles. The molecule has 1 fully saturated rings. The van der Waals surface area contributed by atoms with Gasteiger partial charge in [-0.15, -0.1) is 0 Å². The lowest BCUT2D eigenvalue weighted by Crippen LogP contribution is -2.40. The number of hydrogen-bond acceptors (Lipinski definition) is 4. The molecule has 1 unspecified atom stereocenters. The highest BCUT2D eigenvalue weighted by molar-refractivity contribution is 5.98. The second-order valence-electron chi connectivity index (χ2n) is 5.92. The van der Waals surface area contributed by atoms with Crippen LogP contribution < -0.4 is 4.90 Å². The fourth-order valence-corrected chi connectivity index (χ4v) is 2.10. The van der Waals surface area contributed by atoms with Crippen molar-refractivity contribution in [3.63, 3.8) is 0 Å². The quantitative estimate of drug-likeness (QED) is 0.758. The average molecular weight is 280 g/mol. The van der Waals surface area contributed by atoms with E-state index < -0.39 is 17.6 Å². The van der Waals surface area contributed by atoms with Gasteiger partial charge in [0.1, 0.15) is 17.5 Å². The van der Waals surface area contributed by atoms with Crippen molar-refractivity contribution in [1.82, 2.24) is 14.5 Å². The van der Waals surface area contributed by atoms with Crippen molar-refractivity contribution in [3.05, 3.63) is 12.5 Å². The summed E-state index contributed by atoms with van der Waals surface area (Å²) in [7, 11) is 3.41. The van der Waals surface area contributed by atoms with Crippen LogP contribution in [-0.2, 0) is 16.6 Å². The number of hydrogen-bond donors (Lipinski definition) is 0. The number of carbonyl (C=O) groups excluding carboxylic acids is 2. The summed E-state index contributed by atoms with van der Waals surface area (Å²) in [5.74, 6) is 0.269. The number of amides is 2. The Labute approximate surface area is 118 Å². The van der Waals surface area contributed by atoms with E-state index in [1.54, 1.807) is 52.0 Å². The highest BCUT2D eigenvalue weighted by Gasteiger charge is 2.42. The van der Waals surface area contributed by atoms with Gasteiger partial charge in [-0.3, -0.25) is 4.90 Å². The number of urea groups is 1. The predicted molar refractivity (Wildman–Crippen MR) is 73.3 cm³/mol. The van der Waals surface area contributed by atoms with Gasteiger partial charge in [-0.1, -0.05) is 0 Å². The van der Waals surface area contributed by atoms with Crippen LogP contribution in [-0.4, -0.2) is 51.7 Å². The largest absolute Gasteiger partial charge is 0.458 e. The van der Waals surface area contributed by atoms with Crippen molar-refractivity contribution in [2.45, 2.75) is 32.4 Å². The first-order chi connectivity index (χ1) is 9.20. The van der Waals surface area contributed by atoms with Crippen LogP contribution in [0.3, 0.4) is 0 Å². The molecule has 0 N–H and O–H groups in total. The summed E-state index contributed by atoms with van der Waals surface area (Å²) in [5.41, 5.74) is -0.569. The maximum Gasteiger partial charge on any atom is 0.331 e. The molecule has 1 aromatic rings. The highest BCUT2D eigenvalue weighted by atomic mass is 16.6. The van der Waals surface area contributed by atoms with Gasteiger partial charge in [0.25, 0.3) is 0 Å². The number of anilines is 1. The summed E-state index contributed by atoms with van der Waals surface area (Å²) in [6.07, 6.45) is 3.21. The smallest absolute Gasteiger partial charge is 0.331 e. The molecule has 1 aliphatic heterocycles. The Morgan fingerprint density at radius 1 is 1.40 bits per heavy atom. The van der Waals surface area contributed by atoms with Crippen LogP contribution in [0, 0.1) is 0 Å². The first-order valence-electron chi connectivity index (χ1n) is 6.44. The zero-order chi connectivity index (χ0) is 15.1. The number of likely N-dealkylation sites (N-methyl/N-ethyl adjacent to an activating group) is 1. The second kappa shape index (κ2) is 4.81. The Morgan fingerprint density at radius 3 is 2.55 bits per heavy atom. The Hall–Kier alpha value is -2.05. The summed E-state index contributed by atoms with van der Waals surface area (Å²) in [6, 6.07) is -0.832. The predicted octanol–water partition coefficient (Wildman–Crippen LogP) is 1.00. The van der Waals surface area contributed by atoms with E-state index in [4.69, 9.17) is 4.74 Å². The molecule has 0 saturated carbocycles. The Bertz CT molecular complexity index is 532. The Morgan fingerprint density at radius 2 is 2.05 bits per heavy atom. The maximum absolute atomic E-state index is 12.2. The molecule has 1 atom stereocenters. The Kier molecular flexibility index (Phi) is 3.45. The summed E-state index contributed by atoms with van der Waals surface area (Å²) < 4.78 is 7.09. The number of esters is 1. The van der Waals surface area contributed by atoms with Crippen LogP contribution in [0.2, 0.25) is 0 Å². The van der Waals surface area contributed by atoms with Crippen molar-refractivity contribution in [3.8, 4) is 0 Å². The lowest BCUT2D eigenvalue weighted by Gasteiger charge is -2.24. The van der Waals surface area contributed by atoms with Crippen molar-refractivity contribution < 1.29 is 14.3 Å². The molecular formula is C13H20N4O3. The summed E-state index contributed by atoms with van der Waals surface area (Å²) in [5, 5.41) is 0. The number of aryl methyl sites for hydroxylation is 1. The first kappa shape index (κ1) is 14.4. The first-order valence-corrected chi connectivity index (χ1v) is 6.44. The van der Waals surface area contributed by atoms with E-state index in [0.29, 0.717) is 5.82 Å². The van der Waals surface area contributed by atoms with Crippen LogP contribution in [0.15, 0.2) is 12.5 Å². The standard InChI is InChI=1S/C13H20N4O3/c1-13(2,3)20-11(18)9-7-17(12(19)16(9)5)10-6-14-8-15(10)4/h6,8-9H,7H2,1-5H3. The molecule has 0 aliphatic carbocycles. The molecule has 110 valence electrons. The van der Waals surface area contributed by atoms with E-state index in [1.165, 1.54) is 9.80 Å². The van der Waals surface area contributed by atoms with Gasteiger partial charge >= 0.3 is 12.0 Å². The maximum atomic E-state index is 12.2. The van der Waals surface area contributed by atoms with Gasteiger partial charge in [-0.05, 0) is 20.8 Å². The molecule has 0 bridgehead atoms. The Balaban J connectivity index is 2.17. The normalized spacial score (nSPS) is 19.6. The molecule has 1 aromatic heterocycles. The minimum absolute atomic E-state index is 0.232. The number of carbonyl (C=O) groups is 2. The summed E-state index contributed by atoms with van der Waals surface area (Å²) in [6.45, 7) is 5.69. The van der Waals surface area contributed by atoms with Crippen molar-refractivity contribution in [2.24, 2.45) is 7.05 Å². The third-order valence-electron chi connectivity index (χ3n) is 3.10. The average Bonchev–Trinajstić information content (AvgIpc) is 2.83. The second-order valence-corrected chi connectivity index (χ2v) is 5.92. The van der Waals surface area contributed by atoms with E-state index in [1.807, 2.05) is 0 Å². The zero-order valence-electron chi connectivity index (χ0n) is 12.5. The molecule has 2 amide bonds. The van der Waals surface area contributed by atoms with E-state index >= 15 is 0 Å². The molecule has 1 aliphatic rings. The van der Waals surface area contributed by atoms with Crippen LogP contribution in [0.5, 0.6) is 0 Å². The molecule has 7 heteroatoms. The van der Waals surface area contributed by atoms with Gasteiger partial charge in [0.05, 0.1) is 19.1 Å². The number of imidazole rings is 1. The van der Waals surface area contributed by atoms with Crippen molar-refractivity contribution in [1.29, 1.82) is 0 Å². The molecule has 0 aromatic carbocycles. The third-order valence-corrected chi connectivity index (χ3v) is 3.10. The third kappa shape index (κ3) is 2.61. The van der Waals surface area contributed by atoms with E-state index in [0.717, 1.165) is 0 Å². The van der Waals surface area contributed by atoms with E-state index in [9.17, 15) is 9.59 Å². The van der Waals surface area contributed by atoms with Gasteiger partial charge in [0.15, 0.2) is 0 Å². The number of rotatable bonds is 2. The molecule has 0 radical (unpaired) electrons. The molecule has 2 rings (SSSR count). The van der Waals surface area contributed by atoms with Crippen LogP contribution >= 0.6 is 0 Å². The highest BCUT2D eigenvalue weighted by Crippen LogP contribution is 2.23. The molecule has 1 saturated heterocycles. The fourth-order valence-electron chi connectivity index (χ4n) is 2.10. The number of nitrogens with zero attached hydrogens (tertiary/aromatic N) is 4. The van der Waals surface area contributed by atoms with Gasteiger partial charge in [0.2, 0.25) is 0 Å². The van der Waals surface area contributed by atoms with Crippen molar-refractivity contribution in [2.75, 3.05) is 18.5 Å². The summed E-state index contributed by atoms with van der Waals surface area (Å²) in [4.78, 5) is 31.3.